The van der Waals surface area contributed by atoms with Gasteiger partial charge in [-0.3, -0.25) is 4.79 Å². The lowest BCUT2D eigenvalue weighted by molar-refractivity contribution is 0.0787. The zero-order chi connectivity index (χ0) is 16.9. The SMILES string of the molecule is NCC1CCN(C(=O)c2cccc(OCc3ccccc3Br)c2)C1. The van der Waals surface area contributed by atoms with E-state index < -0.39 is 0 Å². The molecule has 2 aromatic carbocycles. The Morgan fingerprint density at radius 3 is 2.83 bits per heavy atom. The van der Waals surface area contributed by atoms with Crippen LogP contribution < -0.4 is 10.5 Å². The predicted octanol–water partition coefficient (Wildman–Crippen LogP) is 3.45. The highest BCUT2D eigenvalue weighted by Crippen LogP contribution is 2.22. The third-order valence-corrected chi connectivity index (χ3v) is 5.11. The number of amides is 1. The predicted molar refractivity (Wildman–Crippen MR) is 98.0 cm³/mol. The van der Waals surface area contributed by atoms with Crippen LogP contribution in [0, 0.1) is 5.92 Å². The van der Waals surface area contributed by atoms with E-state index in [1.165, 1.54) is 0 Å². The summed E-state index contributed by atoms with van der Waals surface area (Å²) in [4.78, 5) is 14.5. The topological polar surface area (TPSA) is 55.6 Å². The van der Waals surface area contributed by atoms with E-state index in [4.69, 9.17) is 10.5 Å². The fourth-order valence-corrected chi connectivity index (χ4v) is 3.29. The van der Waals surface area contributed by atoms with Crippen LogP contribution in [0.3, 0.4) is 0 Å². The molecule has 1 fully saturated rings. The molecule has 126 valence electrons. The highest BCUT2D eigenvalue weighted by atomic mass is 79.9. The average Bonchev–Trinajstić information content (AvgIpc) is 3.10. The third-order valence-electron chi connectivity index (χ3n) is 4.34. The molecule has 0 aliphatic carbocycles. The van der Waals surface area contributed by atoms with Crippen LogP contribution in [-0.2, 0) is 6.61 Å². The zero-order valence-electron chi connectivity index (χ0n) is 13.5. The van der Waals surface area contributed by atoms with E-state index in [0.29, 0.717) is 30.4 Å². The van der Waals surface area contributed by atoms with E-state index in [2.05, 4.69) is 15.9 Å². The summed E-state index contributed by atoms with van der Waals surface area (Å²) in [5, 5.41) is 0. The van der Waals surface area contributed by atoms with E-state index in [1.54, 1.807) is 0 Å². The Balaban J connectivity index is 1.66. The van der Waals surface area contributed by atoms with Gasteiger partial charge in [0.2, 0.25) is 0 Å². The Labute approximate surface area is 150 Å². The normalized spacial score (nSPS) is 17.1. The third kappa shape index (κ3) is 3.97. The van der Waals surface area contributed by atoms with E-state index in [-0.39, 0.29) is 5.91 Å². The molecule has 5 heteroatoms. The molecular formula is C19H21BrN2O2. The van der Waals surface area contributed by atoms with E-state index in [1.807, 2.05) is 53.4 Å². The lowest BCUT2D eigenvalue weighted by Gasteiger charge is -2.17. The summed E-state index contributed by atoms with van der Waals surface area (Å²) in [6, 6.07) is 15.3. The minimum absolute atomic E-state index is 0.0530. The molecule has 0 bridgehead atoms. The van der Waals surface area contributed by atoms with Gasteiger partial charge in [-0.15, -0.1) is 0 Å². The second-order valence-electron chi connectivity index (χ2n) is 6.05. The first kappa shape index (κ1) is 17.0. The number of carbonyl (C=O) groups is 1. The molecule has 0 spiro atoms. The van der Waals surface area contributed by atoms with Crippen LogP contribution in [0.1, 0.15) is 22.3 Å². The first-order valence-electron chi connectivity index (χ1n) is 8.13. The van der Waals surface area contributed by atoms with Crippen LogP contribution in [0.15, 0.2) is 53.0 Å². The quantitative estimate of drug-likeness (QED) is 0.852. The van der Waals surface area contributed by atoms with Crippen LogP contribution in [0.5, 0.6) is 5.75 Å². The Hall–Kier alpha value is -1.85. The van der Waals surface area contributed by atoms with E-state index in [0.717, 1.165) is 29.5 Å². The maximum Gasteiger partial charge on any atom is 0.253 e. The van der Waals surface area contributed by atoms with Gasteiger partial charge >= 0.3 is 0 Å². The molecule has 3 rings (SSSR count). The fraction of sp³-hybridized carbons (Fsp3) is 0.316. The molecule has 1 atom stereocenters. The molecular weight excluding hydrogens is 368 g/mol. The molecule has 4 nitrogen and oxygen atoms in total. The fourth-order valence-electron chi connectivity index (χ4n) is 2.89. The lowest BCUT2D eigenvalue weighted by atomic mass is 10.1. The van der Waals surface area contributed by atoms with Gasteiger partial charge in [0.25, 0.3) is 5.91 Å². The largest absolute Gasteiger partial charge is 0.489 e. The number of nitrogens with zero attached hydrogens (tertiary/aromatic N) is 1. The van der Waals surface area contributed by atoms with Crippen molar-refractivity contribution < 1.29 is 9.53 Å². The molecule has 1 unspecified atom stereocenters. The van der Waals surface area contributed by atoms with Crippen molar-refractivity contribution in [2.75, 3.05) is 19.6 Å². The number of ether oxygens (including phenoxy) is 1. The molecule has 1 aliphatic heterocycles. The molecule has 0 aromatic heterocycles. The van der Waals surface area contributed by atoms with Crippen molar-refractivity contribution in [3.05, 3.63) is 64.1 Å². The van der Waals surface area contributed by atoms with Crippen molar-refractivity contribution in [1.82, 2.24) is 4.90 Å². The standard InChI is InChI=1S/C19H21BrN2O2/c20-18-7-2-1-4-16(18)13-24-17-6-3-5-15(10-17)19(23)22-9-8-14(11-21)12-22/h1-7,10,14H,8-9,11-13,21H2. The number of nitrogens with two attached hydrogens (primary N) is 1. The van der Waals surface area contributed by atoms with Crippen molar-refractivity contribution in [3.63, 3.8) is 0 Å². The van der Waals surface area contributed by atoms with Crippen LogP contribution in [0.2, 0.25) is 0 Å². The molecule has 0 saturated carbocycles. The Morgan fingerprint density at radius 1 is 1.25 bits per heavy atom. The second-order valence-corrected chi connectivity index (χ2v) is 6.90. The number of hydrogen-bond donors (Lipinski definition) is 1. The van der Waals surface area contributed by atoms with Crippen molar-refractivity contribution in [1.29, 1.82) is 0 Å². The number of halogens is 1. The van der Waals surface area contributed by atoms with Gasteiger partial charge in [-0.2, -0.15) is 0 Å². The van der Waals surface area contributed by atoms with Gasteiger partial charge < -0.3 is 15.4 Å². The summed E-state index contributed by atoms with van der Waals surface area (Å²) in [5.74, 6) is 1.17. The average molecular weight is 389 g/mol. The molecule has 1 saturated heterocycles. The minimum Gasteiger partial charge on any atom is -0.489 e. The molecule has 1 aliphatic rings. The Morgan fingerprint density at radius 2 is 2.08 bits per heavy atom. The highest BCUT2D eigenvalue weighted by molar-refractivity contribution is 9.10. The van der Waals surface area contributed by atoms with Gasteiger partial charge in [0, 0.05) is 28.7 Å². The highest BCUT2D eigenvalue weighted by Gasteiger charge is 2.26. The van der Waals surface area contributed by atoms with Crippen LogP contribution in [0.25, 0.3) is 0 Å². The van der Waals surface area contributed by atoms with Crippen LogP contribution >= 0.6 is 15.9 Å². The summed E-state index contributed by atoms with van der Waals surface area (Å²) >= 11 is 3.51. The van der Waals surface area contributed by atoms with Crippen LogP contribution in [0.4, 0.5) is 0 Å². The van der Waals surface area contributed by atoms with E-state index in [9.17, 15) is 4.79 Å². The summed E-state index contributed by atoms with van der Waals surface area (Å²) in [6.45, 7) is 2.62. The maximum absolute atomic E-state index is 12.6. The monoisotopic (exact) mass is 388 g/mol. The van der Waals surface area contributed by atoms with Gasteiger partial charge in [0.05, 0.1) is 0 Å². The second kappa shape index (κ2) is 7.81. The van der Waals surface area contributed by atoms with E-state index >= 15 is 0 Å². The number of carbonyl (C=O) groups excluding carboxylic acids is 1. The molecule has 2 N–H and O–H groups in total. The minimum atomic E-state index is 0.0530. The molecule has 24 heavy (non-hydrogen) atoms. The Kier molecular flexibility index (Phi) is 5.53. The zero-order valence-corrected chi connectivity index (χ0v) is 15.0. The number of hydrogen-bond acceptors (Lipinski definition) is 3. The summed E-state index contributed by atoms with van der Waals surface area (Å²) < 4.78 is 6.86. The first-order valence-corrected chi connectivity index (χ1v) is 8.92. The van der Waals surface area contributed by atoms with Gasteiger partial charge in [-0.1, -0.05) is 40.2 Å². The number of benzene rings is 2. The summed E-state index contributed by atoms with van der Waals surface area (Å²) in [6.07, 6.45) is 0.987. The van der Waals surface area contributed by atoms with Crippen molar-refractivity contribution in [2.45, 2.75) is 13.0 Å². The van der Waals surface area contributed by atoms with Crippen molar-refractivity contribution in [2.24, 2.45) is 11.7 Å². The number of likely N-dealkylation sites (tertiary alicyclic amines) is 1. The molecule has 1 heterocycles. The van der Waals surface area contributed by atoms with Crippen molar-refractivity contribution >= 4 is 21.8 Å². The first-order chi connectivity index (χ1) is 11.7. The summed E-state index contributed by atoms with van der Waals surface area (Å²) in [7, 11) is 0. The maximum atomic E-state index is 12.6. The smallest absolute Gasteiger partial charge is 0.253 e. The number of rotatable bonds is 5. The van der Waals surface area contributed by atoms with Gasteiger partial charge in [-0.25, -0.2) is 0 Å². The van der Waals surface area contributed by atoms with Gasteiger partial charge in [0.1, 0.15) is 12.4 Å². The van der Waals surface area contributed by atoms with Crippen molar-refractivity contribution in [3.8, 4) is 5.75 Å². The van der Waals surface area contributed by atoms with Gasteiger partial charge in [0.15, 0.2) is 0 Å². The lowest BCUT2D eigenvalue weighted by Crippen LogP contribution is -2.29. The summed E-state index contributed by atoms with van der Waals surface area (Å²) in [5.41, 5.74) is 7.44. The molecule has 2 aromatic rings. The Bertz CT molecular complexity index is 720. The molecule has 0 radical (unpaired) electrons. The molecule has 1 amide bonds. The van der Waals surface area contributed by atoms with Crippen LogP contribution in [-0.4, -0.2) is 30.4 Å². The van der Waals surface area contributed by atoms with Gasteiger partial charge in [-0.05, 0) is 43.1 Å².